The summed E-state index contributed by atoms with van der Waals surface area (Å²) in [5.41, 5.74) is 1.12. The molecular formula is C18H24N4O3. The molecule has 2 fully saturated rings. The van der Waals surface area contributed by atoms with E-state index in [1.54, 1.807) is 13.4 Å². The summed E-state index contributed by atoms with van der Waals surface area (Å²) in [6, 6.07) is 5.86. The largest absolute Gasteiger partial charge is 0.386 e. The third kappa shape index (κ3) is 3.27. The molecule has 2 saturated heterocycles. The molecule has 0 amide bonds. The topological polar surface area (TPSA) is 70.8 Å². The molecule has 0 radical (unpaired) electrons. The van der Waals surface area contributed by atoms with Crippen molar-refractivity contribution in [1.29, 1.82) is 0 Å². The van der Waals surface area contributed by atoms with Gasteiger partial charge in [0.05, 0.1) is 23.8 Å². The van der Waals surface area contributed by atoms with Gasteiger partial charge in [0, 0.05) is 58.5 Å². The van der Waals surface area contributed by atoms with Crippen LogP contribution in [0.2, 0.25) is 0 Å². The van der Waals surface area contributed by atoms with Crippen LogP contribution >= 0.6 is 0 Å². The number of nitrogens with zero attached hydrogens (tertiary/aromatic N) is 4. The maximum Gasteiger partial charge on any atom is 0.260 e. The van der Waals surface area contributed by atoms with Crippen molar-refractivity contribution >= 4 is 16.6 Å². The molecule has 2 aliphatic heterocycles. The zero-order valence-corrected chi connectivity index (χ0v) is 14.5. The highest BCUT2D eigenvalue weighted by Gasteiger charge is 2.35. The Morgan fingerprint density at radius 3 is 2.80 bits per heavy atom. The number of rotatable bonds is 3. The van der Waals surface area contributed by atoms with Crippen molar-refractivity contribution in [3.05, 3.63) is 34.9 Å². The van der Waals surface area contributed by atoms with E-state index in [0.717, 1.165) is 43.8 Å². The number of anilines is 1. The first-order valence-electron chi connectivity index (χ1n) is 8.77. The van der Waals surface area contributed by atoms with Crippen LogP contribution in [0.4, 0.5) is 5.69 Å². The molecule has 1 N–H and O–H groups in total. The minimum absolute atomic E-state index is 0.0200. The van der Waals surface area contributed by atoms with Gasteiger partial charge in [0.25, 0.3) is 5.56 Å². The van der Waals surface area contributed by atoms with E-state index >= 15 is 0 Å². The van der Waals surface area contributed by atoms with Crippen LogP contribution in [0, 0.1) is 0 Å². The van der Waals surface area contributed by atoms with Crippen molar-refractivity contribution in [3.8, 4) is 0 Å². The zero-order valence-electron chi connectivity index (χ0n) is 14.5. The van der Waals surface area contributed by atoms with Gasteiger partial charge in [0.2, 0.25) is 0 Å². The quantitative estimate of drug-likeness (QED) is 0.858. The summed E-state index contributed by atoms with van der Waals surface area (Å²) in [7, 11) is 1.71. The Hall–Kier alpha value is -1.96. The number of fused-ring (bicyclic) bond motifs is 1. The molecule has 3 heterocycles. The summed E-state index contributed by atoms with van der Waals surface area (Å²) in [6.45, 7) is 5.38. The van der Waals surface area contributed by atoms with Gasteiger partial charge in [-0.25, -0.2) is 4.98 Å². The maximum atomic E-state index is 12.1. The van der Waals surface area contributed by atoms with Crippen LogP contribution in [-0.4, -0.2) is 71.1 Å². The van der Waals surface area contributed by atoms with Crippen molar-refractivity contribution in [1.82, 2.24) is 14.5 Å². The summed E-state index contributed by atoms with van der Waals surface area (Å²) >= 11 is 0. The fraction of sp³-hybridized carbons (Fsp3) is 0.556. The van der Waals surface area contributed by atoms with E-state index in [-0.39, 0.29) is 5.56 Å². The highest BCUT2D eigenvalue weighted by atomic mass is 16.5. The highest BCUT2D eigenvalue weighted by molar-refractivity contribution is 5.81. The summed E-state index contributed by atoms with van der Waals surface area (Å²) in [4.78, 5) is 21.1. The Kier molecular flexibility index (Phi) is 4.23. The van der Waals surface area contributed by atoms with Crippen LogP contribution in [0.3, 0.4) is 0 Å². The molecule has 1 aromatic heterocycles. The van der Waals surface area contributed by atoms with E-state index in [1.165, 1.54) is 4.57 Å². The zero-order chi connectivity index (χ0) is 17.4. The van der Waals surface area contributed by atoms with E-state index in [1.807, 2.05) is 18.2 Å². The van der Waals surface area contributed by atoms with Crippen LogP contribution < -0.4 is 10.5 Å². The normalized spacial score (nSPS) is 25.0. The van der Waals surface area contributed by atoms with Gasteiger partial charge in [0.15, 0.2) is 0 Å². The Morgan fingerprint density at radius 1 is 1.28 bits per heavy atom. The molecule has 25 heavy (non-hydrogen) atoms. The van der Waals surface area contributed by atoms with Crippen molar-refractivity contribution in [2.45, 2.75) is 12.0 Å². The number of aromatic nitrogens is 2. The van der Waals surface area contributed by atoms with Crippen molar-refractivity contribution in [2.24, 2.45) is 7.05 Å². The van der Waals surface area contributed by atoms with E-state index in [2.05, 4.69) is 14.8 Å². The second-order valence-corrected chi connectivity index (χ2v) is 7.15. The van der Waals surface area contributed by atoms with E-state index in [9.17, 15) is 9.90 Å². The van der Waals surface area contributed by atoms with Gasteiger partial charge >= 0.3 is 0 Å². The van der Waals surface area contributed by atoms with Crippen molar-refractivity contribution in [2.75, 3.05) is 50.8 Å². The minimum atomic E-state index is -0.685. The van der Waals surface area contributed by atoms with Gasteiger partial charge in [-0.2, -0.15) is 0 Å². The fourth-order valence-corrected chi connectivity index (χ4v) is 3.70. The number of benzene rings is 1. The summed E-state index contributed by atoms with van der Waals surface area (Å²) in [5.74, 6) is 0. The van der Waals surface area contributed by atoms with E-state index in [4.69, 9.17) is 4.74 Å². The van der Waals surface area contributed by atoms with Crippen LogP contribution in [0.1, 0.15) is 6.42 Å². The smallest absolute Gasteiger partial charge is 0.260 e. The lowest BCUT2D eigenvalue weighted by molar-refractivity contribution is -0.00557. The molecule has 2 aliphatic rings. The molecule has 1 aromatic carbocycles. The van der Waals surface area contributed by atoms with Crippen LogP contribution in [0.5, 0.6) is 0 Å². The molecule has 7 heteroatoms. The summed E-state index contributed by atoms with van der Waals surface area (Å²) in [6.07, 6.45) is 2.29. The number of hydrogen-bond acceptors (Lipinski definition) is 6. The Balaban J connectivity index is 1.44. The fourth-order valence-electron chi connectivity index (χ4n) is 3.70. The number of aliphatic hydroxyl groups is 1. The minimum Gasteiger partial charge on any atom is -0.386 e. The molecule has 4 rings (SSSR count). The monoisotopic (exact) mass is 344 g/mol. The Bertz CT molecular complexity index is 821. The number of β-amino-alcohol motifs (C(OH)–C–C–N with tert-alkyl or cyclic N) is 1. The predicted octanol–water partition coefficient (Wildman–Crippen LogP) is 0.207. The lowest BCUT2D eigenvalue weighted by Crippen LogP contribution is -2.52. The van der Waals surface area contributed by atoms with Crippen LogP contribution in [0.15, 0.2) is 29.3 Å². The SMILES string of the molecule is Cn1cnc2cc(N3CCN(CC4(O)CCOC4)CC3)ccc2c1=O. The van der Waals surface area contributed by atoms with Gasteiger partial charge in [-0.15, -0.1) is 0 Å². The number of hydrogen-bond donors (Lipinski definition) is 1. The third-order valence-corrected chi connectivity index (χ3v) is 5.24. The van der Waals surface area contributed by atoms with Gasteiger partial charge in [-0.3, -0.25) is 9.69 Å². The van der Waals surface area contributed by atoms with Gasteiger partial charge in [-0.1, -0.05) is 0 Å². The third-order valence-electron chi connectivity index (χ3n) is 5.24. The molecule has 134 valence electrons. The van der Waals surface area contributed by atoms with Gasteiger partial charge < -0.3 is 19.3 Å². The van der Waals surface area contributed by atoms with Crippen molar-refractivity contribution in [3.63, 3.8) is 0 Å². The molecule has 0 bridgehead atoms. The molecule has 0 saturated carbocycles. The molecule has 0 spiro atoms. The highest BCUT2D eigenvalue weighted by Crippen LogP contribution is 2.23. The number of piperazine rings is 1. The summed E-state index contributed by atoms with van der Waals surface area (Å²) < 4.78 is 6.83. The lowest BCUT2D eigenvalue weighted by atomic mass is 10.0. The average molecular weight is 344 g/mol. The predicted molar refractivity (Wildman–Crippen MR) is 96.0 cm³/mol. The molecule has 7 nitrogen and oxygen atoms in total. The van der Waals surface area contributed by atoms with Crippen LogP contribution in [-0.2, 0) is 11.8 Å². The first-order chi connectivity index (χ1) is 12.0. The Morgan fingerprint density at radius 2 is 2.08 bits per heavy atom. The number of ether oxygens (including phenoxy) is 1. The molecule has 0 aliphatic carbocycles. The first-order valence-corrected chi connectivity index (χ1v) is 8.77. The first kappa shape index (κ1) is 16.5. The average Bonchev–Trinajstić information content (AvgIpc) is 3.05. The maximum absolute atomic E-state index is 12.1. The lowest BCUT2D eigenvalue weighted by Gasteiger charge is -2.38. The second kappa shape index (κ2) is 6.40. The second-order valence-electron chi connectivity index (χ2n) is 7.15. The van der Waals surface area contributed by atoms with Gasteiger partial charge in [0.1, 0.15) is 5.60 Å². The Labute approximate surface area is 146 Å². The van der Waals surface area contributed by atoms with Crippen LogP contribution in [0.25, 0.3) is 10.9 Å². The van der Waals surface area contributed by atoms with Crippen molar-refractivity contribution < 1.29 is 9.84 Å². The standard InChI is InChI=1S/C18H24N4O3/c1-20-13-19-16-10-14(2-3-15(16)17(20)23)22-7-5-21(6-8-22)11-18(24)4-9-25-12-18/h2-3,10,13,24H,4-9,11-12H2,1H3. The van der Waals surface area contributed by atoms with Gasteiger partial charge in [-0.05, 0) is 18.2 Å². The molecule has 1 atom stereocenters. The van der Waals surface area contributed by atoms with E-state index in [0.29, 0.717) is 25.1 Å². The van der Waals surface area contributed by atoms with E-state index < -0.39 is 5.60 Å². The molecular weight excluding hydrogens is 320 g/mol. The molecule has 2 aromatic rings. The number of aryl methyl sites for hydroxylation is 1. The summed E-state index contributed by atoms with van der Waals surface area (Å²) in [5, 5.41) is 11.1. The molecule has 1 unspecified atom stereocenters.